The molecular weight excluding hydrogens is 362 g/mol. The lowest BCUT2D eigenvalue weighted by Crippen LogP contribution is -2.42. The third-order valence-electron chi connectivity index (χ3n) is 4.46. The molecule has 7 nitrogen and oxygen atoms in total. The van der Waals surface area contributed by atoms with E-state index in [0.29, 0.717) is 29.3 Å². The highest BCUT2D eigenvalue weighted by molar-refractivity contribution is 5.96. The van der Waals surface area contributed by atoms with Crippen LogP contribution in [0.5, 0.6) is 11.5 Å². The molecule has 1 N–H and O–H groups in total. The van der Waals surface area contributed by atoms with Gasteiger partial charge in [0, 0.05) is 10.9 Å². The second kappa shape index (κ2) is 7.64. The van der Waals surface area contributed by atoms with Crippen LogP contribution in [0.4, 0.5) is 0 Å². The van der Waals surface area contributed by atoms with Gasteiger partial charge in [0.15, 0.2) is 18.1 Å². The van der Waals surface area contributed by atoms with Gasteiger partial charge in [-0.15, -0.1) is 0 Å². The lowest BCUT2D eigenvalue weighted by atomic mass is 10.1. The van der Waals surface area contributed by atoms with Gasteiger partial charge >= 0.3 is 5.97 Å². The van der Waals surface area contributed by atoms with Crippen LogP contribution >= 0.6 is 0 Å². The summed E-state index contributed by atoms with van der Waals surface area (Å²) in [6.45, 7) is 1.95. The zero-order valence-corrected chi connectivity index (χ0v) is 15.3. The highest BCUT2D eigenvalue weighted by Crippen LogP contribution is 2.30. The van der Waals surface area contributed by atoms with Crippen molar-refractivity contribution in [2.45, 2.75) is 13.0 Å². The Labute approximate surface area is 161 Å². The monoisotopic (exact) mass is 381 g/mol. The highest BCUT2D eigenvalue weighted by atomic mass is 16.6. The van der Waals surface area contributed by atoms with Gasteiger partial charge in [-0.2, -0.15) is 0 Å². The number of furan rings is 1. The van der Waals surface area contributed by atoms with Crippen LogP contribution in [0.15, 0.2) is 52.9 Å². The first-order valence-electron chi connectivity index (χ1n) is 8.92. The minimum absolute atomic E-state index is 0.106. The predicted octanol–water partition coefficient (Wildman–Crippen LogP) is 2.85. The molecule has 0 saturated carbocycles. The fourth-order valence-corrected chi connectivity index (χ4v) is 3.01. The number of hydrogen-bond donors (Lipinski definition) is 1. The van der Waals surface area contributed by atoms with Crippen molar-refractivity contribution in [3.8, 4) is 11.5 Å². The van der Waals surface area contributed by atoms with E-state index in [4.69, 9.17) is 18.6 Å². The molecule has 1 aromatic heterocycles. The van der Waals surface area contributed by atoms with Crippen molar-refractivity contribution in [3.05, 3.63) is 59.9 Å². The molecule has 0 bridgehead atoms. The fourth-order valence-electron chi connectivity index (χ4n) is 3.01. The minimum Gasteiger partial charge on any atom is -0.486 e. The van der Waals surface area contributed by atoms with Gasteiger partial charge in [0.25, 0.3) is 5.91 Å². The maximum atomic E-state index is 12.2. The van der Waals surface area contributed by atoms with E-state index in [1.165, 1.54) is 0 Å². The van der Waals surface area contributed by atoms with E-state index in [-0.39, 0.29) is 18.4 Å². The van der Waals surface area contributed by atoms with Gasteiger partial charge in [0.2, 0.25) is 5.76 Å². The van der Waals surface area contributed by atoms with Gasteiger partial charge in [0.1, 0.15) is 18.3 Å². The molecule has 28 heavy (non-hydrogen) atoms. The summed E-state index contributed by atoms with van der Waals surface area (Å²) in [6, 6.07) is 14.7. The molecule has 4 rings (SSSR count). The van der Waals surface area contributed by atoms with Gasteiger partial charge < -0.3 is 23.9 Å². The van der Waals surface area contributed by atoms with Crippen molar-refractivity contribution in [1.82, 2.24) is 5.32 Å². The number of fused-ring (bicyclic) bond motifs is 2. The van der Waals surface area contributed by atoms with E-state index in [1.807, 2.05) is 36.4 Å². The van der Waals surface area contributed by atoms with E-state index in [2.05, 4.69) is 5.32 Å². The lowest BCUT2D eigenvalue weighted by molar-refractivity contribution is -0.124. The molecule has 0 spiro atoms. The number of aryl methyl sites for hydroxylation is 1. The molecular formula is C21H19NO6. The van der Waals surface area contributed by atoms with Crippen LogP contribution in [0, 0.1) is 6.92 Å². The number of amides is 1. The van der Waals surface area contributed by atoms with Crippen molar-refractivity contribution in [2.24, 2.45) is 0 Å². The van der Waals surface area contributed by atoms with E-state index in [1.54, 1.807) is 19.1 Å². The second-order valence-corrected chi connectivity index (χ2v) is 6.43. The molecule has 0 fully saturated rings. The first-order chi connectivity index (χ1) is 13.6. The van der Waals surface area contributed by atoms with E-state index >= 15 is 0 Å². The molecule has 0 radical (unpaired) electrons. The highest BCUT2D eigenvalue weighted by Gasteiger charge is 2.22. The lowest BCUT2D eigenvalue weighted by Gasteiger charge is -2.26. The van der Waals surface area contributed by atoms with Crippen LogP contribution in [0.25, 0.3) is 11.0 Å². The summed E-state index contributed by atoms with van der Waals surface area (Å²) in [5, 5.41) is 3.52. The van der Waals surface area contributed by atoms with Gasteiger partial charge in [-0.05, 0) is 25.1 Å². The van der Waals surface area contributed by atoms with E-state index < -0.39 is 18.5 Å². The number of carbonyl (C=O) groups excluding carboxylic acids is 2. The summed E-state index contributed by atoms with van der Waals surface area (Å²) in [4.78, 5) is 24.3. The normalized spacial score (nSPS) is 15.2. The van der Waals surface area contributed by atoms with Crippen LogP contribution in [0.3, 0.4) is 0 Å². The Kier molecular flexibility index (Phi) is 4.89. The molecule has 0 aliphatic carbocycles. The summed E-state index contributed by atoms with van der Waals surface area (Å²) in [5.74, 6) is 0.328. The SMILES string of the molecule is Cc1c(C(=O)OCC(=O)NC[C@@H]2COc3ccccc3O2)oc2ccccc12. The Morgan fingerprint density at radius 2 is 1.86 bits per heavy atom. The summed E-state index contributed by atoms with van der Waals surface area (Å²) in [6.07, 6.45) is -0.313. The van der Waals surface area contributed by atoms with E-state index in [0.717, 1.165) is 5.39 Å². The molecule has 0 unspecified atom stereocenters. The number of benzene rings is 2. The van der Waals surface area contributed by atoms with Crippen LogP contribution in [0.1, 0.15) is 16.1 Å². The molecule has 2 heterocycles. The number of rotatable bonds is 5. The number of esters is 1. The molecule has 1 amide bonds. The van der Waals surface area contributed by atoms with Crippen molar-refractivity contribution in [1.29, 1.82) is 0 Å². The fraction of sp³-hybridized carbons (Fsp3) is 0.238. The van der Waals surface area contributed by atoms with Gasteiger partial charge in [-0.25, -0.2) is 4.79 Å². The van der Waals surface area contributed by atoms with Crippen molar-refractivity contribution < 1.29 is 28.2 Å². The van der Waals surface area contributed by atoms with Gasteiger partial charge in [0.05, 0.1) is 6.54 Å². The molecule has 144 valence electrons. The van der Waals surface area contributed by atoms with Gasteiger partial charge in [-0.1, -0.05) is 30.3 Å². The summed E-state index contributed by atoms with van der Waals surface area (Å²) in [7, 11) is 0. The Hall–Kier alpha value is -3.48. The predicted molar refractivity (Wildman–Crippen MR) is 101 cm³/mol. The quantitative estimate of drug-likeness (QED) is 0.684. The van der Waals surface area contributed by atoms with Crippen LogP contribution in [-0.2, 0) is 9.53 Å². The van der Waals surface area contributed by atoms with Crippen molar-refractivity contribution >= 4 is 22.8 Å². The summed E-state index contributed by atoms with van der Waals surface area (Å²) >= 11 is 0. The minimum atomic E-state index is -0.671. The molecule has 0 saturated heterocycles. The number of ether oxygens (including phenoxy) is 3. The Balaban J connectivity index is 1.27. The molecule has 1 aliphatic rings. The third-order valence-corrected chi connectivity index (χ3v) is 4.46. The van der Waals surface area contributed by atoms with Crippen LogP contribution in [-0.4, -0.2) is 37.7 Å². The first-order valence-corrected chi connectivity index (χ1v) is 8.92. The zero-order valence-electron chi connectivity index (χ0n) is 15.3. The summed E-state index contributed by atoms with van der Waals surface area (Å²) in [5.41, 5.74) is 1.29. The second-order valence-electron chi connectivity index (χ2n) is 6.43. The third kappa shape index (κ3) is 3.64. The average Bonchev–Trinajstić information content (AvgIpc) is 3.07. The first kappa shape index (κ1) is 17.9. The molecule has 1 aliphatic heterocycles. The van der Waals surface area contributed by atoms with Crippen LogP contribution < -0.4 is 14.8 Å². The maximum absolute atomic E-state index is 12.2. The topological polar surface area (TPSA) is 87.0 Å². The van der Waals surface area contributed by atoms with Crippen molar-refractivity contribution in [2.75, 3.05) is 19.8 Å². The molecule has 3 aromatic rings. The number of nitrogens with one attached hydrogen (secondary N) is 1. The van der Waals surface area contributed by atoms with Gasteiger partial charge in [-0.3, -0.25) is 4.79 Å². The molecule has 1 atom stereocenters. The summed E-state index contributed by atoms with van der Waals surface area (Å²) < 4.78 is 22.0. The average molecular weight is 381 g/mol. The van der Waals surface area contributed by atoms with E-state index in [9.17, 15) is 9.59 Å². The molecule has 2 aromatic carbocycles. The largest absolute Gasteiger partial charge is 0.486 e. The smallest absolute Gasteiger partial charge is 0.375 e. The molecule has 7 heteroatoms. The zero-order chi connectivity index (χ0) is 19.5. The Morgan fingerprint density at radius 1 is 1.11 bits per heavy atom. The number of para-hydroxylation sites is 3. The standard InChI is InChI=1S/C21H19NO6/c1-13-15-6-2-3-7-16(15)28-20(13)21(24)26-12-19(23)22-10-14-11-25-17-8-4-5-9-18(17)27-14/h2-9,14H,10-12H2,1H3,(H,22,23)/t14-/m1/s1. The Bertz CT molecular complexity index is 1020. The maximum Gasteiger partial charge on any atom is 0.375 e. The number of hydrogen-bond acceptors (Lipinski definition) is 6. The Morgan fingerprint density at radius 3 is 2.68 bits per heavy atom. The van der Waals surface area contributed by atoms with Crippen molar-refractivity contribution in [3.63, 3.8) is 0 Å². The van der Waals surface area contributed by atoms with Crippen LogP contribution in [0.2, 0.25) is 0 Å². The number of carbonyl (C=O) groups is 2.